The molecule has 8 nitrogen and oxygen atoms in total. The topological polar surface area (TPSA) is 127 Å². The van der Waals surface area contributed by atoms with E-state index in [4.69, 9.17) is 15.6 Å². The molecule has 3 rings (SSSR count). The molecular formula is C12H15FN4O4. The monoisotopic (exact) mass is 298 g/mol. The van der Waals surface area contributed by atoms with Gasteiger partial charge in [0.2, 0.25) is 0 Å². The molecule has 9 heteroatoms. The van der Waals surface area contributed by atoms with Crippen LogP contribution in [0.5, 0.6) is 0 Å². The molecule has 1 fully saturated rings. The van der Waals surface area contributed by atoms with E-state index in [1.165, 1.54) is 17.1 Å². The van der Waals surface area contributed by atoms with Gasteiger partial charge in [0.05, 0.1) is 12.0 Å². The minimum Gasteiger partial charge on any atom is -0.394 e. The first-order chi connectivity index (χ1) is 10.0. The fourth-order valence-electron chi connectivity index (χ4n) is 2.60. The van der Waals surface area contributed by atoms with Gasteiger partial charge in [-0.25, -0.2) is 14.4 Å². The summed E-state index contributed by atoms with van der Waals surface area (Å²) in [5.41, 5.74) is 3.87. The summed E-state index contributed by atoms with van der Waals surface area (Å²) in [5.74, 6) is 0.236. The molecule has 0 bridgehead atoms. The normalized spacial score (nSPS) is 32.9. The number of hydrogen-bond acceptors (Lipinski definition) is 7. The first-order valence-corrected chi connectivity index (χ1v) is 6.32. The molecule has 0 aliphatic carbocycles. The van der Waals surface area contributed by atoms with E-state index in [1.54, 1.807) is 6.07 Å². The summed E-state index contributed by atoms with van der Waals surface area (Å²) in [7, 11) is 0. The molecule has 1 unspecified atom stereocenters. The number of nitrogens with zero attached hydrogens (tertiary/aromatic N) is 3. The zero-order chi connectivity index (χ0) is 15.2. The van der Waals surface area contributed by atoms with Gasteiger partial charge in [-0.1, -0.05) is 0 Å². The molecule has 5 N–H and O–H groups in total. The van der Waals surface area contributed by atoms with Crippen molar-refractivity contribution in [2.75, 3.05) is 19.0 Å². The highest BCUT2D eigenvalue weighted by Crippen LogP contribution is 2.40. The van der Waals surface area contributed by atoms with E-state index in [0.29, 0.717) is 11.0 Å². The number of aliphatic hydroxyl groups excluding tert-OH is 2. The van der Waals surface area contributed by atoms with E-state index < -0.39 is 37.3 Å². The van der Waals surface area contributed by atoms with Crippen LogP contribution in [0.4, 0.5) is 10.2 Å². The van der Waals surface area contributed by atoms with E-state index in [-0.39, 0.29) is 5.82 Å². The van der Waals surface area contributed by atoms with Crippen LogP contribution in [0.1, 0.15) is 6.23 Å². The summed E-state index contributed by atoms with van der Waals surface area (Å²) < 4.78 is 20.1. The molecule has 3 heterocycles. The Morgan fingerprint density at radius 1 is 1.48 bits per heavy atom. The summed E-state index contributed by atoms with van der Waals surface area (Å²) in [4.78, 5) is 7.87. The van der Waals surface area contributed by atoms with Crippen molar-refractivity contribution >= 4 is 16.9 Å². The van der Waals surface area contributed by atoms with Gasteiger partial charge in [0.25, 0.3) is 0 Å². The maximum atomic E-state index is 13.3. The molecule has 0 saturated carbocycles. The van der Waals surface area contributed by atoms with Gasteiger partial charge >= 0.3 is 0 Å². The van der Waals surface area contributed by atoms with Gasteiger partial charge in [-0.05, 0) is 6.07 Å². The molecule has 0 aromatic carbocycles. The summed E-state index contributed by atoms with van der Waals surface area (Å²) in [6.45, 7) is -1.79. The Bertz CT molecular complexity index is 666. The van der Waals surface area contributed by atoms with Crippen LogP contribution < -0.4 is 5.73 Å². The third-order valence-electron chi connectivity index (χ3n) is 3.78. The Balaban J connectivity index is 2.11. The van der Waals surface area contributed by atoms with Crippen LogP contribution in [-0.2, 0) is 4.74 Å². The number of fused-ring (bicyclic) bond motifs is 1. The standard InChI is InChI=1S/C12H15FN4O4/c13-4-12(20)8(19)7(3-18)21-11(12)17-2-1-6-9(14)15-5-16-10(6)17/h1-2,5,7-8,11,18-20H,3-4H2,(H2,14,15,16)/t7-,8?,11-,12-/m1/s1. The van der Waals surface area contributed by atoms with Crippen molar-refractivity contribution in [1.82, 2.24) is 14.5 Å². The number of alkyl halides is 1. The van der Waals surface area contributed by atoms with Gasteiger partial charge < -0.3 is 30.4 Å². The van der Waals surface area contributed by atoms with Crippen molar-refractivity contribution in [3.63, 3.8) is 0 Å². The molecule has 0 amide bonds. The number of ether oxygens (including phenoxy) is 1. The molecule has 1 aliphatic heterocycles. The van der Waals surface area contributed by atoms with Crippen molar-refractivity contribution in [1.29, 1.82) is 0 Å². The molecule has 2 aromatic heterocycles. The van der Waals surface area contributed by atoms with E-state index in [0.717, 1.165) is 0 Å². The Morgan fingerprint density at radius 2 is 2.24 bits per heavy atom. The van der Waals surface area contributed by atoms with Crippen LogP contribution in [0.15, 0.2) is 18.6 Å². The molecule has 2 aromatic rings. The summed E-state index contributed by atoms with van der Waals surface area (Å²) in [5, 5.41) is 30.0. The van der Waals surface area contributed by atoms with Crippen LogP contribution in [0, 0.1) is 0 Å². The lowest BCUT2D eigenvalue weighted by Gasteiger charge is -2.28. The molecule has 4 atom stereocenters. The van der Waals surface area contributed by atoms with Crippen molar-refractivity contribution in [3.8, 4) is 0 Å². The van der Waals surface area contributed by atoms with Crippen molar-refractivity contribution < 1.29 is 24.4 Å². The van der Waals surface area contributed by atoms with Gasteiger partial charge in [-0.3, -0.25) is 0 Å². The first-order valence-electron chi connectivity index (χ1n) is 6.32. The lowest BCUT2D eigenvalue weighted by molar-refractivity contribution is -0.118. The number of aromatic nitrogens is 3. The van der Waals surface area contributed by atoms with E-state index in [1.807, 2.05) is 0 Å². The number of rotatable bonds is 3. The number of hydrogen-bond donors (Lipinski definition) is 4. The lowest BCUT2D eigenvalue weighted by atomic mass is 9.95. The number of nitrogen functional groups attached to an aromatic ring is 1. The Morgan fingerprint density at radius 3 is 2.90 bits per heavy atom. The Kier molecular flexibility index (Phi) is 3.29. The highest BCUT2D eigenvalue weighted by molar-refractivity contribution is 5.86. The van der Waals surface area contributed by atoms with Gasteiger partial charge in [0.1, 0.15) is 36.7 Å². The Hall–Kier alpha value is -1.81. The minimum absolute atomic E-state index is 0.236. The third kappa shape index (κ3) is 1.89. The highest BCUT2D eigenvalue weighted by atomic mass is 19.1. The average molecular weight is 298 g/mol. The predicted octanol–water partition coefficient (Wildman–Crippen LogP) is -1.04. The van der Waals surface area contributed by atoms with Crippen molar-refractivity contribution in [2.45, 2.75) is 24.0 Å². The van der Waals surface area contributed by atoms with Crippen LogP contribution >= 0.6 is 0 Å². The molecule has 0 spiro atoms. The van der Waals surface area contributed by atoms with Gasteiger partial charge in [-0.2, -0.15) is 0 Å². The minimum atomic E-state index is -2.18. The molecule has 1 aliphatic rings. The third-order valence-corrected chi connectivity index (χ3v) is 3.78. The van der Waals surface area contributed by atoms with Crippen LogP contribution in [0.2, 0.25) is 0 Å². The quantitative estimate of drug-likeness (QED) is 0.570. The Labute approximate surface area is 118 Å². The molecular weight excluding hydrogens is 283 g/mol. The lowest BCUT2D eigenvalue weighted by Crippen LogP contribution is -2.48. The van der Waals surface area contributed by atoms with Crippen molar-refractivity contribution in [3.05, 3.63) is 18.6 Å². The van der Waals surface area contributed by atoms with Crippen LogP contribution in [-0.4, -0.2) is 60.9 Å². The van der Waals surface area contributed by atoms with Crippen LogP contribution in [0.3, 0.4) is 0 Å². The fraction of sp³-hybridized carbons (Fsp3) is 0.500. The van der Waals surface area contributed by atoms with Crippen molar-refractivity contribution in [2.24, 2.45) is 0 Å². The van der Waals surface area contributed by atoms with Gasteiger partial charge in [0, 0.05) is 6.20 Å². The molecule has 0 radical (unpaired) electrons. The second-order valence-electron chi connectivity index (χ2n) is 5.00. The number of halogens is 1. The number of nitrogens with two attached hydrogens (primary N) is 1. The zero-order valence-corrected chi connectivity index (χ0v) is 10.9. The van der Waals surface area contributed by atoms with Crippen LogP contribution in [0.25, 0.3) is 11.0 Å². The second kappa shape index (κ2) is 4.88. The highest BCUT2D eigenvalue weighted by Gasteiger charge is 2.56. The largest absolute Gasteiger partial charge is 0.394 e. The van der Waals surface area contributed by atoms with Gasteiger partial charge in [-0.15, -0.1) is 0 Å². The molecule has 114 valence electrons. The van der Waals surface area contributed by atoms with E-state index in [2.05, 4.69) is 9.97 Å². The SMILES string of the molecule is Nc1ncnc2c1ccn2[C@@H]1O[C@H](CO)C(O)[C@]1(O)CF. The van der Waals surface area contributed by atoms with E-state index >= 15 is 0 Å². The smallest absolute Gasteiger partial charge is 0.169 e. The summed E-state index contributed by atoms with van der Waals surface area (Å²) in [6.07, 6.45) is -1.15. The maximum absolute atomic E-state index is 13.3. The second-order valence-corrected chi connectivity index (χ2v) is 5.00. The number of anilines is 1. The average Bonchev–Trinajstić information content (AvgIpc) is 3.01. The van der Waals surface area contributed by atoms with E-state index in [9.17, 15) is 14.6 Å². The van der Waals surface area contributed by atoms with Gasteiger partial charge in [0.15, 0.2) is 11.8 Å². The fourth-order valence-corrected chi connectivity index (χ4v) is 2.60. The first kappa shape index (κ1) is 14.1. The zero-order valence-electron chi connectivity index (χ0n) is 10.9. The maximum Gasteiger partial charge on any atom is 0.169 e. The number of aliphatic hydroxyl groups is 3. The molecule has 21 heavy (non-hydrogen) atoms. The summed E-state index contributed by atoms with van der Waals surface area (Å²) >= 11 is 0. The molecule has 1 saturated heterocycles. The summed E-state index contributed by atoms with van der Waals surface area (Å²) in [6, 6.07) is 1.60. The predicted molar refractivity (Wildman–Crippen MR) is 69.9 cm³/mol.